The Hall–Kier alpha value is -1.30. The van der Waals surface area contributed by atoms with E-state index in [2.05, 4.69) is 4.90 Å². The molecular formula is C15H29N3O3. The van der Waals surface area contributed by atoms with E-state index in [1.54, 1.807) is 11.9 Å². The number of rotatable bonds is 5. The van der Waals surface area contributed by atoms with Gasteiger partial charge in [0.2, 0.25) is 0 Å². The Balaban J connectivity index is 2.81. The SMILES string of the molecule is CN(CC1(N(C)C)CCC1)C(=O)N(CC(=O)O)C(C)(C)C. The molecule has 0 aromatic carbocycles. The fourth-order valence-electron chi connectivity index (χ4n) is 2.77. The highest BCUT2D eigenvalue weighted by atomic mass is 16.4. The number of hydrogen-bond acceptors (Lipinski definition) is 3. The predicted octanol–water partition coefficient (Wildman–Crippen LogP) is 1.71. The molecule has 122 valence electrons. The summed E-state index contributed by atoms with van der Waals surface area (Å²) in [6.45, 7) is 5.92. The van der Waals surface area contributed by atoms with Gasteiger partial charge in [-0.15, -0.1) is 0 Å². The summed E-state index contributed by atoms with van der Waals surface area (Å²) in [5, 5.41) is 9.04. The van der Waals surface area contributed by atoms with Gasteiger partial charge in [-0.25, -0.2) is 4.79 Å². The van der Waals surface area contributed by atoms with Crippen molar-refractivity contribution in [1.82, 2.24) is 14.7 Å². The maximum absolute atomic E-state index is 12.6. The normalized spacial score (nSPS) is 17.3. The Labute approximate surface area is 127 Å². The summed E-state index contributed by atoms with van der Waals surface area (Å²) < 4.78 is 0. The van der Waals surface area contributed by atoms with Crippen molar-refractivity contribution in [3.8, 4) is 0 Å². The molecule has 6 nitrogen and oxygen atoms in total. The van der Waals surface area contributed by atoms with Gasteiger partial charge >= 0.3 is 12.0 Å². The van der Waals surface area contributed by atoms with Crippen LogP contribution in [0.4, 0.5) is 4.79 Å². The summed E-state index contributed by atoms with van der Waals surface area (Å²) in [6.07, 6.45) is 3.33. The lowest BCUT2D eigenvalue weighted by Gasteiger charge is -2.50. The van der Waals surface area contributed by atoms with Crippen LogP contribution in [0.5, 0.6) is 0 Å². The average Bonchev–Trinajstić information content (AvgIpc) is 2.27. The van der Waals surface area contributed by atoms with Crippen LogP contribution in [0.2, 0.25) is 0 Å². The van der Waals surface area contributed by atoms with E-state index in [0.717, 1.165) is 12.8 Å². The van der Waals surface area contributed by atoms with Crippen molar-refractivity contribution < 1.29 is 14.7 Å². The van der Waals surface area contributed by atoms with Crippen molar-refractivity contribution in [3.63, 3.8) is 0 Å². The average molecular weight is 299 g/mol. The van der Waals surface area contributed by atoms with E-state index in [1.807, 2.05) is 34.9 Å². The van der Waals surface area contributed by atoms with Crippen LogP contribution >= 0.6 is 0 Å². The summed E-state index contributed by atoms with van der Waals surface area (Å²) >= 11 is 0. The molecular weight excluding hydrogens is 270 g/mol. The molecule has 0 spiro atoms. The van der Waals surface area contributed by atoms with E-state index >= 15 is 0 Å². The first kappa shape index (κ1) is 17.8. The molecule has 1 N–H and O–H groups in total. The zero-order chi connectivity index (χ0) is 16.4. The van der Waals surface area contributed by atoms with Gasteiger partial charge in [0.1, 0.15) is 6.54 Å². The highest BCUT2D eigenvalue weighted by Crippen LogP contribution is 2.36. The summed E-state index contributed by atoms with van der Waals surface area (Å²) in [5.41, 5.74) is -0.480. The minimum Gasteiger partial charge on any atom is -0.480 e. The van der Waals surface area contributed by atoms with Gasteiger partial charge in [0.25, 0.3) is 0 Å². The summed E-state index contributed by atoms with van der Waals surface area (Å²) in [7, 11) is 5.83. The number of likely N-dealkylation sites (N-methyl/N-ethyl adjacent to an activating group) is 2. The number of carbonyl (C=O) groups excluding carboxylic acids is 1. The molecule has 0 unspecified atom stereocenters. The van der Waals surface area contributed by atoms with Gasteiger partial charge in [-0.2, -0.15) is 0 Å². The summed E-state index contributed by atoms with van der Waals surface area (Å²) in [6, 6.07) is -0.224. The first-order valence-electron chi connectivity index (χ1n) is 7.41. The molecule has 6 heteroatoms. The minimum absolute atomic E-state index is 0.0389. The molecule has 0 saturated heterocycles. The highest BCUT2D eigenvalue weighted by molar-refractivity contribution is 5.80. The van der Waals surface area contributed by atoms with E-state index < -0.39 is 11.5 Å². The molecule has 1 aliphatic rings. The van der Waals surface area contributed by atoms with Gasteiger partial charge < -0.3 is 19.8 Å². The third-order valence-corrected chi connectivity index (χ3v) is 4.43. The third kappa shape index (κ3) is 4.09. The van der Waals surface area contributed by atoms with Crippen LogP contribution in [-0.4, -0.2) is 77.1 Å². The number of carboxylic acid groups (broad SMARTS) is 1. The zero-order valence-electron chi connectivity index (χ0n) is 14.1. The minimum atomic E-state index is -0.988. The Morgan fingerprint density at radius 3 is 1.95 bits per heavy atom. The van der Waals surface area contributed by atoms with Gasteiger partial charge in [-0.05, 0) is 54.1 Å². The van der Waals surface area contributed by atoms with E-state index in [-0.39, 0.29) is 18.1 Å². The summed E-state index contributed by atoms with van der Waals surface area (Å²) in [5.74, 6) is -0.988. The number of carbonyl (C=O) groups is 2. The van der Waals surface area contributed by atoms with Crippen molar-refractivity contribution in [2.24, 2.45) is 0 Å². The van der Waals surface area contributed by atoms with Crippen LogP contribution in [0.25, 0.3) is 0 Å². The van der Waals surface area contributed by atoms with Crippen LogP contribution in [0, 0.1) is 0 Å². The first-order chi connectivity index (χ1) is 9.49. The second kappa shape index (κ2) is 6.22. The predicted molar refractivity (Wildman–Crippen MR) is 82.4 cm³/mol. The van der Waals surface area contributed by atoms with Crippen molar-refractivity contribution >= 4 is 12.0 Å². The number of urea groups is 1. The van der Waals surface area contributed by atoms with Crippen molar-refractivity contribution in [1.29, 1.82) is 0 Å². The fourth-order valence-corrected chi connectivity index (χ4v) is 2.77. The molecule has 1 aliphatic carbocycles. The number of hydrogen-bond donors (Lipinski definition) is 1. The molecule has 0 aromatic heterocycles. The topological polar surface area (TPSA) is 64.1 Å². The molecule has 1 rings (SSSR count). The number of aliphatic carboxylic acids is 1. The molecule has 1 fully saturated rings. The number of amides is 2. The fraction of sp³-hybridized carbons (Fsp3) is 0.867. The second-order valence-corrected chi connectivity index (χ2v) is 7.26. The maximum atomic E-state index is 12.6. The quantitative estimate of drug-likeness (QED) is 0.839. The van der Waals surface area contributed by atoms with Crippen LogP contribution in [-0.2, 0) is 4.79 Å². The van der Waals surface area contributed by atoms with Gasteiger partial charge in [-0.3, -0.25) is 4.79 Å². The largest absolute Gasteiger partial charge is 0.480 e. The molecule has 21 heavy (non-hydrogen) atoms. The molecule has 0 aliphatic heterocycles. The lowest BCUT2D eigenvalue weighted by molar-refractivity contribution is -0.138. The Morgan fingerprint density at radius 1 is 1.14 bits per heavy atom. The standard InChI is InChI=1S/C15H29N3O3/c1-14(2,3)18(10-12(19)20)13(21)17(6)11-15(16(4)5)8-7-9-15/h7-11H2,1-6H3,(H,19,20). The zero-order valence-corrected chi connectivity index (χ0v) is 14.1. The van der Waals surface area contributed by atoms with Gasteiger partial charge in [-0.1, -0.05) is 0 Å². The van der Waals surface area contributed by atoms with E-state index in [4.69, 9.17) is 5.11 Å². The first-order valence-corrected chi connectivity index (χ1v) is 7.41. The van der Waals surface area contributed by atoms with E-state index in [9.17, 15) is 9.59 Å². The lowest BCUT2D eigenvalue weighted by Crippen LogP contribution is -2.60. The molecule has 0 bridgehead atoms. The summed E-state index contributed by atoms with van der Waals surface area (Å²) in [4.78, 5) is 28.9. The lowest BCUT2D eigenvalue weighted by atomic mass is 9.75. The van der Waals surface area contributed by atoms with Crippen molar-refractivity contribution in [2.75, 3.05) is 34.2 Å². The molecule has 2 amide bonds. The monoisotopic (exact) mass is 299 g/mol. The Kier molecular flexibility index (Phi) is 5.25. The van der Waals surface area contributed by atoms with Crippen LogP contribution in [0.3, 0.4) is 0 Å². The van der Waals surface area contributed by atoms with Crippen LogP contribution in [0.15, 0.2) is 0 Å². The van der Waals surface area contributed by atoms with Crippen LogP contribution < -0.4 is 0 Å². The Morgan fingerprint density at radius 2 is 1.67 bits per heavy atom. The maximum Gasteiger partial charge on any atom is 0.323 e. The number of nitrogens with zero attached hydrogens (tertiary/aromatic N) is 3. The van der Waals surface area contributed by atoms with Gasteiger partial charge in [0.05, 0.1) is 0 Å². The van der Waals surface area contributed by atoms with Crippen LogP contribution in [0.1, 0.15) is 40.0 Å². The molecule has 0 aromatic rings. The van der Waals surface area contributed by atoms with Crippen molar-refractivity contribution in [3.05, 3.63) is 0 Å². The molecule has 0 radical (unpaired) electrons. The number of carboxylic acids is 1. The van der Waals surface area contributed by atoms with E-state index in [1.165, 1.54) is 11.3 Å². The van der Waals surface area contributed by atoms with E-state index in [0.29, 0.717) is 6.54 Å². The second-order valence-electron chi connectivity index (χ2n) is 7.26. The molecule has 0 heterocycles. The molecule has 0 atom stereocenters. The Bertz CT molecular complexity index is 397. The van der Waals surface area contributed by atoms with Crippen molar-refractivity contribution in [2.45, 2.75) is 51.1 Å². The van der Waals surface area contributed by atoms with Gasteiger partial charge in [0, 0.05) is 24.7 Å². The highest BCUT2D eigenvalue weighted by Gasteiger charge is 2.42. The smallest absolute Gasteiger partial charge is 0.323 e. The third-order valence-electron chi connectivity index (χ3n) is 4.43. The van der Waals surface area contributed by atoms with Gasteiger partial charge in [0.15, 0.2) is 0 Å². The molecule has 1 saturated carbocycles.